The van der Waals surface area contributed by atoms with Gasteiger partial charge in [-0.2, -0.15) is 13.2 Å². The van der Waals surface area contributed by atoms with Crippen LogP contribution in [0.4, 0.5) is 18.9 Å². The van der Waals surface area contributed by atoms with Crippen LogP contribution in [0.1, 0.15) is 11.3 Å². The van der Waals surface area contributed by atoms with Crippen molar-refractivity contribution in [1.82, 2.24) is 4.98 Å². The van der Waals surface area contributed by atoms with E-state index < -0.39 is 27.6 Å². The fourth-order valence-corrected chi connectivity index (χ4v) is 1.30. The van der Waals surface area contributed by atoms with E-state index in [-0.39, 0.29) is 5.56 Å². The second kappa shape index (κ2) is 3.65. The van der Waals surface area contributed by atoms with Gasteiger partial charge in [0.05, 0.1) is 4.92 Å². The molecular formula is C7H4ClF3N2O2. The van der Waals surface area contributed by atoms with Gasteiger partial charge in [-0.25, -0.2) is 4.98 Å². The number of nitro groups is 1. The molecule has 0 saturated carbocycles. The summed E-state index contributed by atoms with van der Waals surface area (Å²) in [6, 6.07) is 0.587. The molecule has 82 valence electrons. The lowest BCUT2D eigenvalue weighted by Gasteiger charge is -2.07. The first kappa shape index (κ1) is 11.7. The van der Waals surface area contributed by atoms with Crippen molar-refractivity contribution in [3.8, 4) is 0 Å². The van der Waals surface area contributed by atoms with Crippen molar-refractivity contribution in [2.75, 3.05) is 0 Å². The minimum atomic E-state index is -4.66. The highest BCUT2D eigenvalue weighted by Crippen LogP contribution is 2.33. The molecule has 1 aromatic rings. The topological polar surface area (TPSA) is 56.0 Å². The molecule has 0 N–H and O–H groups in total. The molecule has 0 spiro atoms. The molecule has 0 aliphatic rings. The van der Waals surface area contributed by atoms with Crippen LogP contribution < -0.4 is 0 Å². The molecule has 0 saturated heterocycles. The number of nitrogens with zero attached hydrogens (tertiary/aromatic N) is 2. The van der Waals surface area contributed by atoms with Crippen molar-refractivity contribution in [2.24, 2.45) is 0 Å². The van der Waals surface area contributed by atoms with Gasteiger partial charge in [-0.1, -0.05) is 11.6 Å². The first-order valence-corrected chi connectivity index (χ1v) is 4.00. The van der Waals surface area contributed by atoms with E-state index in [1.807, 2.05) is 0 Å². The van der Waals surface area contributed by atoms with E-state index in [2.05, 4.69) is 4.98 Å². The van der Waals surface area contributed by atoms with Crippen LogP contribution in [0.3, 0.4) is 0 Å². The molecule has 1 heterocycles. The molecule has 0 amide bonds. The van der Waals surface area contributed by atoms with Crippen LogP contribution in [-0.4, -0.2) is 9.91 Å². The smallest absolute Gasteiger partial charge is 0.258 e. The molecule has 0 fully saturated rings. The van der Waals surface area contributed by atoms with Gasteiger partial charge in [-0.3, -0.25) is 10.1 Å². The highest BCUT2D eigenvalue weighted by atomic mass is 35.5. The Kier molecular flexibility index (Phi) is 2.85. The number of hydrogen-bond donors (Lipinski definition) is 0. The number of halogens is 4. The fourth-order valence-electron chi connectivity index (χ4n) is 0.992. The lowest BCUT2D eigenvalue weighted by molar-refractivity contribution is -0.385. The van der Waals surface area contributed by atoms with E-state index in [1.165, 1.54) is 6.92 Å². The van der Waals surface area contributed by atoms with Crippen LogP contribution in [0, 0.1) is 17.0 Å². The lowest BCUT2D eigenvalue weighted by Crippen LogP contribution is -2.09. The molecule has 4 nitrogen and oxygen atoms in total. The number of aromatic nitrogens is 1. The van der Waals surface area contributed by atoms with Crippen molar-refractivity contribution >= 4 is 17.3 Å². The SMILES string of the molecule is Cc1cc(C(F)(F)F)nc(Cl)c1[N+](=O)[O-]. The average molecular weight is 241 g/mol. The Balaban J connectivity index is 3.39. The van der Waals surface area contributed by atoms with Gasteiger partial charge in [0, 0.05) is 5.56 Å². The molecule has 0 aliphatic carbocycles. The Bertz CT molecular complexity index is 396. The second-order valence-corrected chi connectivity index (χ2v) is 3.08. The normalized spacial score (nSPS) is 11.5. The van der Waals surface area contributed by atoms with Crippen molar-refractivity contribution < 1.29 is 18.1 Å². The van der Waals surface area contributed by atoms with Gasteiger partial charge >= 0.3 is 11.9 Å². The first-order valence-electron chi connectivity index (χ1n) is 3.62. The minimum absolute atomic E-state index is 0.174. The summed E-state index contributed by atoms with van der Waals surface area (Å²) in [7, 11) is 0. The zero-order chi connectivity index (χ0) is 11.8. The summed E-state index contributed by atoms with van der Waals surface area (Å²) in [5.74, 6) is 0. The van der Waals surface area contributed by atoms with Gasteiger partial charge in [0.15, 0.2) is 0 Å². The van der Waals surface area contributed by atoms with Gasteiger partial charge in [0.2, 0.25) is 5.15 Å². The van der Waals surface area contributed by atoms with E-state index in [0.717, 1.165) is 0 Å². The molecule has 8 heteroatoms. The summed E-state index contributed by atoms with van der Waals surface area (Å²) in [5, 5.41) is 9.65. The van der Waals surface area contributed by atoms with Crippen LogP contribution >= 0.6 is 11.6 Å². The number of rotatable bonds is 1. The molecular weight excluding hydrogens is 237 g/mol. The summed E-state index contributed by atoms with van der Waals surface area (Å²) in [4.78, 5) is 12.5. The summed E-state index contributed by atoms with van der Waals surface area (Å²) in [6.45, 7) is 1.17. The molecule has 0 bridgehead atoms. The third-order valence-corrected chi connectivity index (χ3v) is 1.88. The standard InChI is InChI=1S/C7H4ClF3N2O2/c1-3-2-4(7(9,10)11)12-6(8)5(3)13(14)15/h2H,1H3. The third-order valence-electron chi connectivity index (χ3n) is 1.61. The molecule has 1 aromatic heterocycles. The predicted molar refractivity (Wildman–Crippen MR) is 45.6 cm³/mol. The van der Waals surface area contributed by atoms with E-state index in [0.29, 0.717) is 6.07 Å². The Labute approximate surface area is 86.8 Å². The monoisotopic (exact) mass is 240 g/mol. The van der Waals surface area contributed by atoms with Gasteiger partial charge < -0.3 is 0 Å². The zero-order valence-electron chi connectivity index (χ0n) is 7.30. The van der Waals surface area contributed by atoms with Crippen molar-refractivity contribution in [3.05, 3.63) is 32.6 Å². The summed E-state index contributed by atoms with van der Waals surface area (Å²) in [5.41, 5.74) is -2.02. The fraction of sp³-hybridized carbons (Fsp3) is 0.286. The Morgan fingerprint density at radius 2 is 2.07 bits per heavy atom. The number of pyridine rings is 1. The second-order valence-electron chi connectivity index (χ2n) is 2.72. The highest BCUT2D eigenvalue weighted by molar-refractivity contribution is 6.31. The molecule has 0 radical (unpaired) electrons. The van der Waals surface area contributed by atoms with E-state index in [1.54, 1.807) is 0 Å². The largest absolute Gasteiger partial charge is 0.433 e. The van der Waals surface area contributed by atoms with Crippen molar-refractivity contribution in [3.63, 3.8) is 0 Å². The van der Waals surface area contributed by atoms with Gasteiger partial charge in [0.1, 0.15) is 5.69 Å². The van der Waals surface area contributed by atoms with Crippen LogP contribution in [0.15, 0.2) is 6.07 Å². The number of hydrogen-bond acceptors (Lipinski definition) is 3. The van der Waals surface area contributed by atoms with Crippen LogP contribution in [-0.2, 0) is 6.18 Å². The molecule has 0 atom stereocenters. The third kappa shape index (κ3) is 2.35. The van der Waals surface area contributed by atoms with E-state index >= 15 is 0 Å². The maximum absolute atomic E-state index is 12.2. The summed E-state index contributed by atoms with van der Waals surface area (Å²) >= 11 is 5.28. The molecule has 0 unspecified atom stereocenters. The molecule has 0 aromatic carbocycles. The number of aryl methyl sites for hydroxylation is 1. The Morgan fingerprint density at radius 3 is 2.40 bits per heavy atom. The maximum Gasteiger partial charge on any atom is 0.433 e. The van der Waals surface area contributed by atoms with Crippen molar-refractivity contribution in [1.29, 1.82) is 0 Å². The van der Waals surface area contributed by atoms with E-state index in [9.17, 15) is 23.3 Å². The summed E-state index contributed by atoms with van der Waals surface area (Å²) < 4.78 is 36.6. The zero-order valence-corrected chi connectivity index (χ0v) is 8.06. The van der Waals surface area contributed by atoms with E-state index in [4.69, 9.17) is 11.6 Å². The molecule has 1 rings (SSSR count). The Hall–Kier alpha value is -1.37. The minimum Gasteiger partial charge on any atom is -0.258 e. The predicted octanol–water partition coefficient (Wildman–Crippen LogP) is 2.97. The lowest BCUT2D eigenvalue weighted by atomic mass is 10.2. The van der Waals surface area contributed by atoms with Crippen molar-refractivity contribution in [2.45, 2.75) is 13.1 Å². The van der Waals surface area contributed by atoms with Gasteiger partial charge in [-0.15, -0.1) is 0 Å². The first-order chi connectivity index (χ1) is 6.73. The Morgan fingerprint density at radius 1 is 1.53 bits per heavy atom. The molecule has 15 heavy (non-hydrogen) atoms. The van der Waals surface area contributed by atoms with Crippen LogP contribution in [0.2, 0.25) is 5.15 Å². The highest BCUT2D eigenvalue weighted by Gasteiger charge is 2.35. The van der Waals surface area contributed by atoms with Crippen LogP contribution in [0.25, 0.3) is 0 Å². The van der Waals surface area contributed by atoms with Gasteiger partial charge in [-0.05, 0) is 13.0 Å². The maximum atomic E-state index is 12.2. The summed E-state index contributed by atoms with van der Waals surface area (Å²) in [6.07, 6.45) is -4.66. The molecule has 0 aliphatic heterocycles. The van der Waals surface area contributed by atoms with Gasteiger partial charge in [0.25, 0.3) is 0 Å². The van der Waals surface area contributed by atoms with Crippen LogP contribution in [0.5, 0.6) is 0 Å². The number of alkyl halides is 3. The quantitative estimate of drug-likeness (QED) is 0.431. The average Bonchev–Trinajstić information content (AvgIpc) is 1.99.